The van der Waals surface area contributed by atoms with E-state index in [2.05, 4.69) is 30.3 Å². The monoisotopic (exact) mass is 263 g/mol. The van der Waals surface area contributed by atoms with Gasteiger partial charge in [-0.25, -0.2) is 0 Å². The van der Waals surface area contributed by atoms with Crippen molar-refractivity contribution < 1.29 is 4.74 Å². The first-order valence-electron chi connectivity index (χ1n) is 7.23. The SMILES string of the molecule is CCCOc1cncc(C(NN)C2(C)CCCC2)c1. The van der Waals surface area contributed by atoms with Crippen molar-refractivity contribution in [1.29, 1.82) is 0 Å². The fourth-order valence-corrected chi connectivity index (χ4v) is 3.06. The van der Waals surface area contributed by atoms with Crippen molar-refractivity contribution in [2.24, 2.45) is 11.3 Å². The highest BCUT2D eigenvalue weighted by atomic mass is 16.5. The minimum Gasteiger partial charge on any atom is -0.492 e. The second kappa shape index (κ2) is 6.35. The first-order chi connectivity index (χ1) is 9.19. The third kappa shape index (κ3) is 3.25. The van der Waals surface area contributed by atoms with E-state index in [0.29, 0.717) is 0 Å². The van der Waals surface area contributed by atoms with E-state index >= 15 is 0 Å². The maximum atomic E-state index is 5.80. The van der Waals surface area contributed by atoms with Crippen LogP contribution in [0.5, 0.6) is 5.75 Å². The minimum atomic E-state index is 0.146. The maximum Gasteiger partial charge on any atom is 0.137 e. The molecule has 0 bridgehead atoms. The van der Waals surface area contributed by atoms with Gasteiger partial charge < -0.3 is 4.74 Å². The number of aromatic nitrogens is 1. The summed E-state index contributed by atoms with van der Waals surface area (Å²) in [6, 6.07) is 2.21. The molecule has 0 amide bonds. The van der Waals surface area contributed by atoms with Crippen molar-refractivity contribution >= 4 is 0 Å². The van der Waals surface area contributed by atoms with Gasteiger partial charge in [-0.05, 0) is 36.3 Å². The van der Waals surface area contributed by atoms with Crippen molar-refractivity contribution in [1.82, 2.24) is 10.4 Å². The lowest BCUT2D eigenvalue weighted by Crippen LogP contribution is -2.38. The van der Waals surface area contributed by atoms with E-state index in [0.717, 1.165) is 24.3 Å². The molecular formula is C15H25N3O. The summed E-state index contributed by atoms with van der Waals surface area (Å²) in [4.78, 5) is 4.29. The molecule has 1 saturated carbocycles. The molecule has 3 N–H and O–H groups in total. The van der Waals surface area contributed by atoms with Gasteiger partial charge in [0.15, 0.2) is 0 Å². The summed E-state index contributed by atoms with van der Waals surface area (Å²) in [7, 11) is 0. The fraction of sp³-hybridized carbons (Fsp3) is 0.667. The summed E-state index contributed by atoms with van der Waals surface area (Å²) in [5, 5.41) is 0. The van der Waals surface area contributed by atoms with E-state index in [1.807, 2.05) is 6.20 Å². The number of hydrogen-bond acceptors (Lipinski definition) is 4. The lowest BCUT2D eigenvalue weighted by molar-refractivity contribution is 0.223. The Morgan fingerprint density at radius 3 is 2.79 bits per heavy atom. The largest absolute Gasteiger partial charge is 0.492 e. The number of ether oxygens (including phenoxy) is 1. The molecular weight excluding hydrogens is 238 g/mol. The second-order valence-corrected chi connectivity index (χ2v) is 5.76. The van der Waals surface area contributed by atoms with Crippen LogP contribution in [0.3, 0.4) is 0 Å². The minimum absolute atomic E-state index is 0.146. The Bertz CT molecular complexity index is 402. The maximum absolute atomic E-state index is 5.80. The van der Waals surface area contributed by atoms with E-state index < -0.39 is 0 Å². The molecule has 0 aromatic carbocycles. The fourth-order valence-electron chi connectivity index (χ4n) is 3.06. The molecule has 0 radical (unpaired) electrons. The van der Waals surface area contributed by atoms with Gasteiger partial charge in [-0.15, -0.1) is 0 Å². The van der Waals surface area contributed by atoms with Gasteiger partial charge in [-0.2, -0.15) is 0 Å². The molecule has 19 heavy (non-hydrogen) atoms. The standard InChI is InChI=1S/C15H25N3O/c1-3-8-19-13-9-12(10-17-11-13)14(18-16)15(2)6-4-5-7-15/h9-11,14,18H,3-8,16H2,1-2H3. The van der Waals surface area contributed by atoms with Crippen LogP contribution in [0.25, 0.3) is 0 Å². The van der Waals surface area contributed by atoms with Crippen LogP contribution < -0.4 is 16.0 Å². The highest BCUT2D eigenvalue weighted by Gasteiger charge is 2.37. The molecule has 4 nitrogen and oxygen atoms in total. The average Bonchev–Trinajstić information content (AvgIpc) is 2.85. The zero-order chi connectivity index (χ0) is 13.7. The first-order valence-corrected chi connectivity index (χ1v) is 7.23. The molecule has 0 spiro atoms. The third-order valence-corrected chi connectivity index (χ3v) is 4.15. The molecule has 1 aromatic rings. The lowest BCUT2D eigenvalue weighted by Gasteiger charge is -2.33. The zero-order valence-corrected chi connectivity index (χ0v) is 12.0. The number of nitrogens with one attached hydrogen (secondary N) is 1. The first kappa shape index (κ1) is 14.3. The molecule has 2 rings (SSSR count). The number of nitrogens with two attached hydrogens (primary N) is 1. The van der Waals surface area contributed by atoms with E-state index in [1.165, 1.54) is 25.7 Å². The Morgan fingerprint density at radius 2 is 2.16 bits per heavy atom. The summed E-state index contributed by atoms with van der Waals surface area (Å²) in [6.07, 6.45) is 9.66. The highest BCUT2D eigenvalue weighted by molar-refractivity contribution is 5.27. The number of hydrogen-bond donors (Lipinski definition) is 2. The Kier molecular flexibility index (Phi) is 4.77. The number of rotatable bonds is 6. The van der Waals surface area contributed by atoms with Gasteiger partial charge in [-0.3, -0.25) is 16.3 Å². The normalized spacial score (nSPS) is 19.3. The van der Waals surface area contributed by atoms with Crippen LogP contribution in [-0.4, -0.2) is 11.6 Å². The van der Waals surface area contributed by atoms with Crippen LogP contribution in [0.15, 0.2) is 18.5 Å². The molecule has 1 atom stereocenters. The van der Waals surface area contributed by atoms with E-state index in [-0.39, 0.29) is 11.5 Å². The van der Waals surface area contributed by atoms with Crippen molar-refractivity contribution in [3.8, 4) is 5.75 Å². The molecule has 1 aliphatic carbocycles. The Morgan fingerprint density at radius 1 is 1.42 bits per heavy atom. The molecule has 4 heteroatoms. The Labute approximate surface area is 115 Å². The molecule has 1 aliphatic rings. The molecule has 1 fully saturated rings. The smallest absolute Gasteiger partial charge is 0.137 e. The number of pyridine rings is 1. The quantitative estimate of drug-likeness (QED) is 0.612. The van der Waals surface area contributed by atoms with Gasteiger partial charge in [0.1, 0.15) is 5.75 Å². The van der Waals surface area contributed by atoms with Gasteiger partial charge >= 0.3 is 0 Å². The van der Waals surface area contributed by atoms with Gasteiger partial charge in [0.2, 0.25) is 0 Å². The molecule has 106 valence electrons. The van der Waals surface area contributed by atoms with Gasteiger partial charge in [0, 0.05) is 6.20 Å². The summed E-state index contributed by atoms with van der Waals surface area (Å²) in [5.74, 6) is 6.64. The van der Waals surface area contributed by atoms with Crippen LogP contribution in [-0.2, 0) is 0 Å². The zero-order valence-electron chi connectivity index (χ0n) is 12.0. The lowest BCUT2D eigenvalue weighted by atomic mass is 9.78. The summed E-state index contributed by atoms with van der Waals surface area (Å²) >= 11 is 0. The van der Waals surface area contributed by atoms with Gasteiger partial charge in [-0.1, -0.05) is 26.7 Å². The summed E-state index contributed by atoms with van der Waals surface area (Å²) in [5.41, 5.74) is 4.34. The van der Waals surface area contributed by atoms with Crippen molar-refractivity contribution in [2.75, 3.05) is 6.61 Å². The molecule has 1 unspecified atom stereocenters. The summed E-state index contributed by atoms with van der Waals surface area (Å²) in [6.45, 7) is 5.13. The number of nitrogens with zero attached hydrogens (tertiary/aromatic N) is 1. The highest BCUT2D eigenvalue weighted by Crippen LogP contribution is 2.46. The molecule has 0 saturated heterocycles. The number of hydrazine groups is 1. The summed E-state index contributed by atoms with van der Waals surface area (Å²) < 4.78 is 5.65. The Hall–Kier alpha value is -1.13. The van der Waals surface area contributed by atoms with Gasteiger partial charge in [0.25, 0.3) is 0 Å². The van der Waals surface area contributed by atoms with Crippen molar-refractivity contribution in [3.05, 3.63) is 24.0 Å². The molecule has 0 aliphatic heterocycles. The van der Waals surface area contributed by atoms with Gasteiger partial charge in [0.05, 0.1) is 18.8 Å². The van der Waals surface area contributed by atoms with Crippen LogP contribution in [0.1, 0.15) is 57.6 Å². The predicted octanol–water partition coefficient (Wildman–Crippen LogP) is 2.96. The van der Waals surface area contributed by atoms with Crippen LogP contribution in [0, 0.1) is 5.41 Å². The third-order valence-electron chi connectivity index (χ3n) is 4.15. The van der Waals surface area contributed by atoms with E-state index in [4.69, 9.17) is 10.6 Å². The molecule has 1 aromatic heterocycles. The van der Waals surface area contributed by atoms with Crippen molar-refractivity contribution in [3.63, 3.8) is 0 Å². The Balaban J connectivity index is 2.18. The topological polar surface area (TPSA) is 60.2 Å². The van der Waals surface area contributed by atoms with Crippen molar-refractivity contribution in [2.45, 2.75) is 52.0 Å². The second-order valence-electron chi connectivity index (χ2n) is 5.76. The van der Waals surface area contributed by atoms with E-state index in [9.17, 15) is 0 Å². The predicted molar refractivity (Wildman–Crippen MR) is 76.7 cm³/mol. The van der Waals surface area contributed by atoms with Crippen LogP contribution in [0.4, 0.5) is 0 Å². The van der Waals surface area contributed by atoms with Crippen LogP contribution in [0.2, 0.25) is 0 Å². The van der Waals surface area contributed by atoms with E-state index in [1.54, 1.807) is 6.20 Å². The van der Waals surface area contributed by atoms with Crippen LogP contribution >= 0.6 is 0 Å². The average molecular weight is 263 g/mol. The molecule has 1 heterocycles.